The summed E-state index contributed by atoms with van der Waals surface area (Å²) < 4.78 is 11.3. The fraction of sp³-hybridized carbons (Fsp3) is 0.0476. The van der Waals surface area contributed by atoms with Gasteiger partial charge in [-0.1, -0.05) is 159 Å². The van der Waals surface area contributed by atoms with Gasteiger partial charge in [-0.15, -0.1) is 0 Å². The summed E-state index contributed by atoms with van der Waals surface area (Å²) in [6.45, 7) is 4.75. The van der Waals surface area contributed by atoms with E-state index in [1.165, 1.54) is 110 Å². The van der Waals surface area contributed by atoms with Crippen LogP contribution in [0, 0.1) is 0 Å². The summed E-state index contributed by atoms with van der Waals surface area (Å²) in [6.07, 6.45) is 0. The zero-order valence-electron chi connectivity index (χ0n) is 36.6. The van der Waals surface area contributed by atoms with E-state index < -0.39 is 0 Å². The zero-order valence-corrected chi connectivity index (χ0v) is 36.6. The molecule has 3 nitrogen and oxygen atoms in total. The van der Waals surface area contributed by atoms with Crippen molar-refractivity contribution in [2.75, 3.05) is 0 Å². The molecule has 3 heterocycles. The number of furan rings is 1. The molecule has 3 aromatic heterocycles. The Kier molecular flexibility index (Phi) is 7.74. The Balaban J connectivity index is 0.929. The summed E-state index contributed by atoms with van der Waals surface area (Å²) >= 11 is 0. The molecule has 1 aliphatic rings. The van der Waals surface area contributed by atoms with Gasteiger partial charge < -0.3 is 13.6 Å². The quantitative estimate of drug-likeness (QED) is 0.169. The number of para-hydroxylation sites is 3. The summed E-state index contributed by atoms with van der Waals surface area (Å²) in [5.41, 5.74) is 21.1. The van der Waals surface area contributed by atoms with Gasteiger partial charge in [0.25, 0.3) is 0 Å². The van der Waals surface area contributed by atoms with Crippen LogP contribution in [-0.4, -0.2) is 9.13 Å². The van der Waals surface area contributed by atoms with E-state index in [2.05, 4.69) is 241 Å². The Morgan fingerprint density at radius 2 is 0.894 bits per heavy atom. The standard InChI is InChI=1S/C63H42N2O/c1-63(2)54-38-45(27-29-47(54)51-30-32-60-61(62(51)63)52-21-11-14-24-59(52)66-60)64-55-22-12-9-19-48(55)50-28-25-42(37-58(50)64)41-26-31-57-53(36-41)49-20-10-13-23-56(49)65(57)46-34-43(39-15-5-3-6-16-39)33-44(35-46)40-17-7-4-8-18-40/h3-38H,1-2H3. The SMILES string of the molecule is CC1(C)c2cc(-n3c4ccccc4c4ccc(-c5ccc6c(c5)c5ccccc5n6-c5cc(-c6ccccc6)cc(-c6ccccc6)c5)cc43)ccc2-c2ccc3oc4ccccc4c3c21. The van der Waals surface area contributed by atoms with Crippen LogP contribution in [0.25, 0.3) is 121 Å². The minimum absolute atomic E-state index is 0.239. The second kappa shape index (κ2) is 13.8. The van der Waals surface area contributed by atoms with Crippen molar-refractivity contribution >= 4 is 65.6 Å². The molecule has 10 aromatic carbocycles. The van der Waals surface area contributed by atoms with E-state index in [1.54, 1.807) is 0 Å². The lowest BCUT2D eigenvalue weighted by atomic mass is 9.80. The number of hydrogen-bond acceptors (Lipinski definition) is 1. The van der Waals surface area contributed by atoms with Crippen molar-refractivity contribution in [1.82, 2.24) is 9.13 Å². The lowest BCUT2D eigenvalue weighted by Crippen LogP contribution is -2.15. The Bertz CT molecular complexity index is 4070. The Morgan fingerprint density at radius 1 is 0.333 bits per heavy atom. The highest BCUT2D eigenvalue weighted by Gasteiger charge is 2.38. The molecule has 0 amide bonds. The van der Waals surface area contributed by atoms with Crippen LogP contribution in [0.2, 0.25) is 0 Å². The normalized spacial score (nSPS) is 13.1. The van der Waals surface area contributed by atoms with E-state index in [-0.39, 0.29) is 5.41 Å². The average molecular weight is 843 g/mol. The van der Waals surface area contributed by atoms with Crippen LogP contribution in [-0.2, 0) is 5.41 Å². The zero-order chi connectivity index (χ0) is 43.7. The number of fused-ring (bicyclic) bond motifs is 13. The topological polar surface area (TPSA) is 23.0 Å². The monoisotopic (exact) mass is 842 g/mol. The first-order valence-electron chi connectivity index (χ1n) is 22.9. The third-order valence-corrected chi connectivity index (χ3v) is 14.5. The van der Waals surface area contributed by atoms with Crippen LogP contribution in [0.1, 0.15) is 25.0 Å². The summed E-state index contributed by atoms with van der Waals surface area (Å²) in [5.74, 6) is 0. The maximum absolute atomic E-state index is 6.40. The maximum atomic E-state index is 6.40. The fourth-order valence-corrected chi connectivity index (χ4v) is 11.4. The van der Waals surface area contributed by atoms with Gasteiger partial charge in [-0.25, -0.2) is 0 Å². The van der Waals surface area contributed by atoms with Crippen molar-refractivity contribution in [3.63, 3.8) is 0 Å². The molecular weight excluding hydrogens is 801 g/mol. The minimum Gasteiger partial charge on any atom is -0.456 e. The Labute approximate surface area is 382 Å². The first-order chi connectivity index (χ1) is 32.5. The van der Waals surface area contributed by atoms with Gasteiger partial charge in [-0.2, -0.15) is 0 Å². The Morgan fingerprint density at radius 3 is 1.62 bits per heavy atom. The second-order valence-electron chi connectivity index (χ2n) is 18.5. The van der Waals surface area contributed by atoms with Gasteiger partial charge in [0.2, 0.25) is 0 Å². The lowest BCUT2D eigenvalue weighted by molar-refractivity contribution is 0.656. The molecule has 13 aromatic rings. The molecule has 0 saturated carbocycles. The van der Waals surface area contributed by atoms with Crippen molar-refractivity contribution in [1.29, 1.82) is 0 Å². The van der Waals surface area contributed by atoms with E-state index in [4.69, 9.17) is 4.42 Å². The van der Waals surface area contributed by atoms with Gasteiger partial charge in [0.05, 0.1) is 22.1 Å². The van der Waals surface area contributed by atoms with Crippen molar-refractivity contribution in [3.05, 3.63) is 230 Å². The van der Waals surface area contributed by atoms with Crippen LogP contribution in [0.15, 0.2) is 223 Å². The maximum Gasteiger partial charge on any atom is 0.135 e. The highest BCUT2D eigenvalue weighted by molar-refractivity contribution is 6.14. The van der Waals surface area contributed by atoms with Gasteiger partial charge in [0.1, 0.15) is 11.2 Å². The van der Waals surface area contributed by atoms with Gasteiger partial charge in [-0.05, 0) is 128 Å². The van der Waals surface area contributed by atoms with Crippen molar-refractivity contribution in [3.8, 4) is 55.9 Å². The molecule has 0 unspecified atom stereocenters. The number of benzene rings is 10. The first kappa shape index (κ1) is 37.0. The second-order valence-corrected chi connectivity index (χ2v) is 18.5. The largest absolute Gasteiger partial charge is 0.456 e. The van der Waals surface area contributed by atoms with Gasteiger partial charge in [0, 0.05) is 49.1 Å². The molecule has 14 rings (SSSR count). The summed E-state index contributed by atoms with van der Waals surface area (Å²) in [4.78, 5) is 0. The van der Waals surface area contributed by atoms with Gasteiger partial charge in [-0.3, -0.25) is 0 Å². The molecule has 0 N–H and O–H groups in total. The molecule has 310 valence electrons. The summed E-state index contributed by atoms with van der Waals surface area (Å²) in [7, 11) is 0. The van der Waals surface area contributed by atoms with Crippen LogP contribution in [0.3, 0.4) is 0 Å². The van der Waals surface area contributed by atoms with Gasteiger partial charge >= 0.3 is 0 Å². The fourth-order valence-electron chi connectivity index (χ4n) is 11.4. The number of hydrogen-bond donors (Lipinski definition) is 0. The third kappa shape index (κ3) is 5.31. The molecule has 0 spiro atoms. The summed E-state index contributed by atoms with van der Waals surface area (Å²) in [5, 5.41) is 7.37. The number of nitrogens with zero attached hydrogens (tertiary/aromatic N) is 2. The number of rotatable bonds is 5. The van der Waals surface area contributed by atoms with Crippen molar-refractivity contribution in [2.45, 2.75) is 19.3 Å². The predicted octanol–water partition coefficient (Wildman–Crippen LogP) is 17.1. The van der Waals surface area contributed by atoms with Crippen molar-refractivity contribution < 1.29 is 4.42 Å². The lowest BCUT2D eigenvalue weighted by Gasteiger charge is -2.23. The molecular formula is C63H42N2O. The van der Waals surface area contributed by atoms with Crippen LogP contribution in [0.5, 0.6) is 0 Å². The highest BCUT2D eigenvalue weighted by atomic mass is 16.3. The molecule has 3 heteroatoms. The van der Waals surface area contributed by atoms with Crippen LogP contribution in [0.4, 0.5) is 0 Å². The van der Waals surface area contributed by atoms with E-state index in [9.17, 15) is 0 Å². The molecule has 1 aliphatic carbocycles. The van der Waals surface area contributed by atoms with E-state index >= 15 is 0 Å². The highest BCUT2D eigenvalue weighted by Crippen LogP contribution is 2.54. The van der Waals surface area contributed by atoms with Crippen LogP contribution >= 0.6 is 0 Å². The smallest absolute Gasteiger partial charge is 0.135 e. The van der Waals surface area contributed by atoms with E-state index in [1.807, 2.05) is 0 Å². The molecule has 0 atom stereocenters. The van der Waals surface area contributed by atoms with Gasteiger partial charge in [0.15, 0.2) is 0 Å². The minimum atomic E-state index is -0.239. The predicted molar refractivity (Wildman–Crippen MR) is 276 cm³/mol. The van der Waals surface area contributed by atoms with E-state index in [0.29, 0.717) is 0 Å². The number of aromatic nitrogens is 2. The van der Waals surface area contributed by atoms with E-state index in [0.717, 1.165) is 22.5 Å². The molecule has 0 aliphatic heterocycles. The summed E-state index contributed by atoms with van der Waals surface area (Å²) in [6, 6.07) is 80.2. The molecule has 0 saturated heterocycles. The van der Waals surface area contributed by atoms with Crippen LogP contribution < -0.4 is 0 Å². The van der Waals surface area contributed by atoms with Crippen molar-refractivity contribution in [2.24, 2.45) is 0 Å². The first-order valence-corrected chi connectivity index (χ1v) is 22.9. The molecule has 0 fully saturated rings. The average Bonchev–Trinajstić information content (AvgIpc) is 4.08. The molecule has 0 bridgehead atoms. The molecule has 0 radical (unpaired) electrons. The third-order valence-electron chi connectivity index (χ3n) is 14.5. The Hall–Kier alpha value is -8.40. The molecule has 66 heavy (non-hydrogen) atoms.